The van der Waals surface area contributed by atoms with Crippen LogP contribution >= 0.6 is 27.3 Å². The zero-order valence-corrected chi connectivity index (χ0v) is 10.8. The Bertz CT molecular complexity index is 467. The highest BCUT2D eigenvalue weighted by Gasteiger charge is 2.05. The van der Waals surface area contributed by atoms with E-state index in [1.807, 2.05) is 6.92 Å². The predicted octanol–water partition coefficient (Wildman–Crippen LogP) is 3.33. The maximum Gasteiger partial charge on any atom is 0.213 e. The number of ether oxygens (including phenoxy) is 1. The van der Waals surface area contributed by atoms with Crippen LogP contribution in [-0.4, -0.2) is 9.97 Å². The topological polar surface area (TPSA) is 35.0 Å². The fourth-order valence-corrected chi connectivity index (χ4v) is 2.43. The van der Waals surface area contributed by atoms with Crippen molar-refractivity contribution in [3.05, 3.63) is 38.6 Å². The summed E-state index contributed by atoms with van der Waals surface area (Å²) < 4.78 is 18.9. The van der Waals surface area contributed by atoms with Crippen LogP contribution in [0.5, 0.6) is 5.88 Å². The van der Waals surface area contributed by atoms with Gasteiger partial charge in [-0.05, 0) is 28.9 Å². The molecule has 0 unspecified atom stereocenters. The van der Waals surface area contributed by atoms with Crippen molar-refractivity contribution in [2.24, 2.45) is 0 Å². The Morgan fingerprint density at radius 2 is 2.31 bits per heavy atom. The van der Waals surface area contributed by atoms with Gasteiger partial charge in [-0.2, -0.15) is 0 Å². The number of halogens is 2. The molecule has 0 radical (unpaired) electrons. The van der Waals surface area contributed by atoms with Crippen molar-refractivity contribution in [2.75, 3.05) is 0 Å². The molecule has 0 amide bonds. The highest BCUT2D eigenvalue weighted by molar-refractivity contribution is 9.11. The molecule has 0 bridgehead atoms. The molecule has 0 aliphatic heterocycles. The Balaban J connectivity index is 1.99. The Morgan fingerprint density at radius 3 is 2.88 bits per heavy atom. The average Bonchev–Trinajstić information content (AvgIpc) is 2.58. The Hall–Kier alpha value is -1.01. The molecule has 0 aliphatic rings. The molecule has 16 heavy (non-hydrogen) atoms. The number of hydrogen-bond acceptors (Lipinski definition) is 4. The van der Waals surface area contributed by atoms with Crippen LogP contribution in [0.25, 0.3) is 0 Å². The fourth-order valence-electron chi connectivity index (χ4n) is 1.08. The van der Waals surface area contributed by atoms with Gasteiger partial charge in [-0.25, -0.2) is 14.4 Å². The second-order valence-electron chi connectivity index (χ2n) is 3.07. The Morgan fingerprint density at radius 1 is 1.50 bits per heavy atom. The summed E-state index contributed by atoms with van der Waals surface area (Å²) in [6.07, 6.45) is 1.12. The van der Waals surface area contributed by atoms with E-state index in [-0.39, 0.29) is 5.82 Å². The van der Waals surface area contributed by atoms with Crippen molar-refractivity contribution < 1.29 is 9.13 Å². The molecule has 2 rings (SSSR count). The molecule has 6 heteroatoms. The van der Waals surface area contributed by atoms with Gasteiger partial charge in [0.15, 0.2) is 0 Å². The van der Waals surface area contributed by atoms with Gasteiger partial charge in [-0.15, -0.1) is 11.3 Å². The number of nitrogens with zero attached hydrogens (tertiary/aromatic N) is 2. The molecule has 0 aromatic carbocycles. The van der Waals surface area contributed by atoms with Crippen molar-refractivity contribution in [3.8, 4) is 5.88 Å². The highest BCUT2D eigenvalue weighted by Crippen LogP contribution is 2.24. The summed E-state index contributed by atoms with van der Waals surface area (Å²) in [6.45, 7) is 2.26. The van der Waals surface area contributed by atoms with E-state index in [0.717, 1.165) is 20.7 Å². The number of pyridine rings is 1. The molecule has 3 nitrogen and oxygen atoms in total. The van der Waals surface area contributed by atoms with Crippen molar-refractivity contribution in [3.63, 3.8) is 0 Å². The van der Waals surface area contributed by atoms with Gasteiger partial charge in [0.05, 0.1) is 15.7 Å². The van der Waals surface area contributed by atoms with Gasteiger partial charge in [-0.1, -0.05) is 0 Å². The van der Waals surface area contributed by atoms with Crippen molar-refractivity contribution in [2.45, 2.75) is 13.5 Å². The lowest BCUT2D eigenvalue weighted by Crippen LogP contribution is -1.96. The summed E-state index contributed by atoms with van der Waals surface area (Å²) in [6, 6.07) is 2.80. The minimum atomic E-state index is -0.375. The van der Waals surface area contributed by atoms with E-state index < -0.39 is 0 Å². The van der Waals surface area contributed by atoms with Gasteiger partial charge in [-0.3, -0.25) is 0 Å². The third kappa shape index (κ3) is 2.76. The molecule has 0 N–H and O–H groups in total. The van der Waals surface area contributed by atoms with Gasteiger partial charge in [0, 0.05) is 6.07 Å². The molecule has 2 aromatic heterocycles. The Kier molecular flexibility index (Phi) is 3.50. The van der Waals surface area contributed by atoms with Crippen LogP contribution in [0.3, 0.4) is 0 Å². The second kappa shape index (κ2) is 4.88. The predicted molar refractivity (Wildman–Crippen MR) is 63.1 cm³/mol. The van der Waals surface area contributed by atoms with E-state index in [1.54, 1.807) is 0 Å². The highest BCUT2D eigenvalue weighted by atomic mass is 79.9. The van der Waals surface area contributed by atoms with Crippen LogP contribution in [-0.2, 0) is 6.61 Å². The average molecular weight is 303 g/mol. The van der Waals surface area contributed by atoms with Crippen LogP contribution in [0.2, 0.25) is 0 Å². The maximum atomic E-state index is 12.6. The maximum absolute atomic E-state index is 12.6. The van der Waals surface area contributed by atoms with Crippen LogP contribution in [0.1, 0.15) is 10.7 Å². The summed E-state index contributed by atoms with van der Waals surface area (Å²) in [4.78, 5) is 8.08. The third-order valence-electron chi connectivity index (χ3n) is 1.83. The molecule has 0 saturated carbocycles. The lowest BCUT2D eigenvalue weighted by molar-refractivity contribution is 0.292. The lowest BCUT2D eigenvalue weighted by atomic mass is 10.5. The van der Waals surface area contributed by atoms with Crippen LogP contribution in [0.15, 0.2) is 22.1 Å². The summed E-state index contributed by atoms with van der Waals surface area (Å²) in [5.74, 6) is 0.0190. The van der Waals surface area contributed by atoms with E-state index in [4.69, 9.17) is 4.74 Å². The first-order chi connectivity index (χ1) is 7.65. The fraction of sp³-hybridized carbons (Fsp3) is 0.200. The van der Waals surface area contributed by atoms with Gasteiger partial charge >= 0.3 is 0 Å². The molecule has 0 saturated heterocycles. The third-order valence-corrected chi connectivity index (χ3v) is 3.81. The van der Waals surface area contributed by atoms with Crippen molar-refractivity contribution in [1.29, 1.82) is 0 Å². The first-order valence-electron chi connectivity index (χ1n) is 4.51. The molecule has 0 aliphatic carbocycles. The lowest BCUT2D eigenvalue weighted by Gasteiger charge is -2.01. The molecule has 0 spiro atoms. The van der Waals surface area contributed by atoms with E-state index in [2.05, 4.69) is 25.9 Å². The summed E-state index contributed by atoms with van der Waals surface area (Å²) >= 11 is 4.90. The van der Waals surface area contributed by atoms with Crippen molar-refractivity contribution >= 4 is 27.3 Å². The molecular formula is C10H8BrFN2OS. The molecule has 0 fully saturated rings. The van der Waals surface area contributed by atoms with E-state index >= 15 is 0 Å². The van der Waals surface area contributed by atoms with Gasteiger partial charge in [0.25, 0.3) is 0 Å². The quantitative estimate of drug-likeness (QED) is 0.872. The van der Waals surface area contributed by atoms with E-state index in [9.17, 15) is 4.39 Å². The van der Waals surface area contributed by atoms with E-state index in [1.165, 1.54) is 23.5 Å². The Labute approximate surface area is 104 Å². The van der Waals surface area contributed by atoms with Gasteiger partial charge in [0.1, 0.15) is 17.4 Å². The number of rotatable bonds is 3. The standard InChI is InChI=1S/C10H8BrFN2OS/c1-6-10(11)16-9(14-6)5-15-8-3-2-7(12)4-13-8/h2-4H,5H2,1H3. The molecule has 0 atom stereocenters. The first kappa shape index (κ1) is 11.5. The monoisotopic (exact) mass is 302 g/mol. The summed E-state index contributed by atoms with van der Waals surface area (Å²) in [7, 11) is 0. The summed E-state index contributed by atoms with van der Waals surface area (Å²) in [5.41, 5.74) is 0.940. The molecular weight excluding hydrogens is 295 g/mol. The van der Waals surface area contributed by atoms with Gasteiger partial charge in [0.2, 0.25) is 5.88 Å². The summed E-state index contributed by atoms with van der Waals surface area (Å²) in [5, 5.41) is 0.857. The SMILES string of the molecule is Cc1nc(COc2ccc(F)cn2)sc1Br. The second-order valence-corrected chi connectivity index (χ2v) is 5.47. The van der Waals surface area contributed by atoms with Crippen LogP contribution in [0, 0.1) is 12.7 Å². The molecule has 2 aromatic rings. The first-order valence-corrected chi connectivity index (χ1v) is 6.12. The van der Waals surface area contributed by atoms with Crippen molar-refractivity contribution in [1.82, 2.24) is 9.97 Å². The largest absolute Gasteiger partial charge is 0.470 e. The van der Waals surface area contributed by atoms with Crippen LogP contribution in [0.4, 0.5) is 4.39 Å². The number of aryl methyl sites for hydroxylation is 1. The molecule has 84 valence electrons. The minimum Gasteiger partial charge on any atom is -0.470 e. The van der Waals surface area contributed by atoms with E-state index in [0.29, 0.717) is 12.5 Å². The molecule has 2 heterocycles. The number of thiazole rings is 1. The van der Waals surface area contributed by atoms with Crippen LogP contribution < -0.4 is 4.74 Å². The normalized spacial score (nSPS) is 10.4. The smallest absolute Gasteiger partial charge is 0.213 e. The number of aromatic nitrogens is 2. The minimum absolute atomic E-state index is 0.343. The number of hydrogen-bond donors (Lipinski definition) is 0. The zero-order valence-electron chi connectivity index (χ0n) is 8.41. The van der Waals surface area contributed by atoms with Gasteiger partial charge < -0.3 is 4.74 Å². The zero-order chi connectivity index (χ0) is 11.5.